The van der Waals surface area contributed by atoms with Crippen LogP contribution in [0.5, 0.6) is 0 Å². The highest BCUT2D eigenvalue weighted by Crippen LogP contribution is 2.19. The summed E-state index contributed by atoms with van der Waals surface area (Å²) in [6.45, 7) is 5.64. The summed E-state index contributed by atoms with van der Waals surface area (Å²) < 4.78 is 0. The third kappa shape index (κ3) is 4.20. The van der Waals surface area contributed by atoms with Gasteiger partial charge in [-0.2, -0.15) is 0 Å². The Morgan fingerprint density at radius 2 is 2.35 bits per heavy atom. The van der Waals surface area contributed by atoms with Gasteiger partial charge in [-0.05, 0) is 25.1 Å². The van der Waals surface area contributed by atoms with E-state index in [0.29, 0.717) is 13.0 Å². The first-order valence-electron chi connectivity index (χ1n) is 5.76. The predicted octanol–water partition coefficient (Wildman–Crippen LogP) is 0.684. The minimum Gasteiger partial charge on any atom is -0.480 e. The number of carbonyl (C=O) groups is 1. The number of H-pyrrole nitrogens is 1. The molecule has 1 aromatic heterocycles. The van der Waals surface area contributed by atoms with Gasteiger partial charge in [0.15, 0.2) is 0 Å². The second kappa shape index (κ2) is 5.84. The molecule has 1 unspecified atom stereocenters. The van der Waals surface area contributed by atoms with E-state index < -0.39 is 12.0 Å². The fourth-order valence-corrected chi connectivity index (χ4v) is 1.63. The topological polar surface area (TPSA) is 91.1 Å². The van der Waals surface area contributed by atoms with E-state index in [2.05, 4.69) is 24.1 Å². The average molecular weight is 239 g/mol. The normalized spacial score (nSPS) is 13.6. The van der Waals surface area contributed by atoms with E-state index in [1.165, 1.54) is 0 Å². The Morgan fingerprint density at radius 1 is 1.65 bits per heavy atom. The Morgan fingerprint density at radius 3 is 2.88 bits per heavy atom. The van der Waals surface area contributed by atoms with E-state index in [-0.39, 0.29) is 5.41 Å². The number of carboxylic acids is 1. The summed E-state index contributed by atoms with van der Waals surface area (Å²) >= 11 is 0. The quantitative estimate of drug-likeness (QED) is 0.527. The van der Waals surface area contributed by atoms with Crippen molar-refractivity contribution in [2.24, 2.45) is 5.73 Å². The zero-order valence-corrected chi connectivity index (χ0v) is 10.4. The number of nitrogens with one attached hydrogen (secondary N) is 2. The van der Waals surface area contributed by atoms with Gasteiger partial charge in [0, 0.05) is 23.9 Å². The van der Waals surface area contributed by atoms with Crippen LogP contribution in [0.2, 0.25) is 0 Å². The third-order valence-corrected chi connectivity index (χ3v) is 2.84. The van der Waals surface area contributed by atoms with Gasteiger partial charge in [0.25, 0.3) is 0 Å². The van der Waals surface area contributed by atoms with E-state index in [1.54, 1.807) is 0 Å². The van der Waals surface area contributed by atoms with Crippen molar-refractivity contribution in [3.05, 3.63) is 24.0 Å². The van der Waals surface area contributed by atoms with Crippen LogP contribution < -0.4 is 11.1 Å². The summed E-state index contributed by atoms with van der Waals surface area (Å²) in [5.74, 6) is -0.949. The molecule has 0 aliphatic carbocycles. The van der Waals surface area contributed by atoms with Gasteiger partial charge in [-0.1, -0.05) is 13.8 Å². The van der Waals surface area contributed by atoms with Crippen molar-refractivity contribution >= 4 is 5.97 Å². The maximum absolute atomic E-state index is 10.5. The first-order chi connectivity index (χ1) is 7.93. The van der Waals surface area contributed by atoms with E-state index in [0.717, 1.165) is 12.2 Å². The Balaban J connectivity index is 2.29. The molecule has 0 radical (unpaired) electrons. The van der Waals surface area contributed by atoms with E-state index in [4.69, 9.17) is 10.8 Å². The molecule has 5 heteroatoms. The zero-order valence-electron chi connectivity index (χ0n) is 10.4. The molecule has 0 amide bonds. The molecule has 0 aromatic carbocycles. The highest BCUT2D eigenvalue weighted by atomic mass is 16.4. The number of nitrogens with two attached hydrogens (primary N) is 1. The number of aromatic amines is 1. The summed E-state index contributed by atoms with van der Waals surface area (Å²) in [5, 5.41) is 11.9. The van der Waals surface area contributed by atoms with Crippen molar-refractivity contribution in [1.82, 2.24) is 10.3 Å². The molecule has 0 fully saturated rings. The summed E-state index contributed by atoms with van der Waals surface area (Å²) in [7, 11) is 0. The first-order valence-corrected chi connectivity index (χ1v) is 5.76. The SMILES string of the molecule is CC(C)(CNCCC(N)C(=O)O)c1ccc[nH]1. The van der Waals surface area contributed by atoms with Crippen LogP contribution in [0.1, 0.15) is 26.0 Å². The molecule has 0 saturated carbocycles. The monoisotopic (exact) mass is 239 g/mol. The Bertz CT molecular complexity index is 347. The number of aliphatic carboxylic acids is 1. The maximum Gasteiger partial charge on any atom is 0.320 e. The van der Waals surface area contributed by atoms with E-state index >= 15 is 0 Å². The average Bonchev–Trinajstić information content (AvgIpc) is 2.77. The van der Waals surface area contributed by atoms with Crippen LogP contribution >= 0.6 is 0 Å². The Labute approximate surface area is 101 Å². The van der Waals surface area contributed by atoms with Gasteiger partial charge < -0.3 is 21.1 Å². The number of rotatable bonds is 7. The van der Waals surface area contributed by atoms with Crippen molar-refractivity contribution in [3.8, 4) is 0 Å². The molecule has 0 aliphatic rings. The zero-order chi connectivity index (χ0) is 12.9. The van der Waals surface area contributed by atoms with Crippen molar-refractivity contribution in [3.63, 3.8) is 0 Å². The minimum atomic E-state index is -0.949. The number of hydrogen-bond donors (Lipinski definition) is 4. The van der Waals surface area contributed by atoms with Gasteiger partial charge in [0.2, 0.25) is 0 Å². The summed E-state index contributed by atoms with van der Waals surface area (Å²) in [6, 6.07) is 3.23. The van der Waals surface area contributed by atoms with Gasteiger partial charge in [-0.25, -0.2) is 0 Å². The molecule has 0 spiro atoms. The van der Waals surface area contributed by atoms with Crippen LogP contribution in [-0.4, -0.2) is 35.2 Å². The largest absolute Gasteiger partial charge is 0.480 e. The molecule has 1 aromatic rings. The molecule has 0 saturated heterocycles. The molecular weight excluding hydrogens is 218 g/mol. The van der Waals surface area contributed by atoms with Crippen LogP contribution in [-0.2, 0) is 10.2 Å². The number of hydrogen-bond acceptors (Lipinski definition) is 3. The second-order valence-electron chi connectivity index (χ2n) is 4.88. The predicted molar refractivity (Wildman–Crippen MR) is 66.9 cm³/mol. The van der Waals surface area contributed by atoms with Crippen LogP contribution in [0.3, 0.4) is 0 Å². The summed E-state index contributed by atoms with van der Waals surface area (Å²) in [4.78, 5) is 13.7. The molecule has 96 valence electrons. The van der Waals surface area contributed by atoms with Crippen molar-refractivity contribution < 1.29 is 9.90 Å². The molecule has 1 atom stereocenters. The fourth-order valence-electron chi connectivity index (χ4n) is 1.63. The number of aromatic nitrogens is 1. The molecule has 0 bridgehead atoms. The van der Waals surface area contributed by atoms with Crippen molar-refractivity contribution in [2.75, 3.05) is 13.1 Å². The van der Waals surface area contributed by atoms with Crippen LogP contribution in [0, 0.1) is 0 Å². The fraction of sp³-hybridized carbons (Fsp3) is 0.583. The molecule has 1 heterocycles. The molecular formula is C12H21N3O2. The molecule has 5 nitrogen and oxygen atoms in total. The highest BCUT2D eigenvalue weighted by Gasteiger charge is 2.21. The van der Waals surface area contributed by atoms with E-state index in [1.807, 2.05) is 18.3 Å². The van der Waals surface area contributed by atoms with Crippen LogP contribution in [0.15, 0.2) is 18.3 Å². The lowest BCUT2D eigenvalue weighted by Crippen LogP contribution is -2.38. The Kier molecular flexibility index (Phi) is 4.72. The lowest BCUT2D eigenvalue weighted by atomic mass is 9.89. The molecule has 1 rings (SSSR count). The highest BCUT2D eigenvalue weighted by molar-refractivity contribution is 5.72. The summed E-state index contributed by atoms with van der Waals surface area (Å²) in [6.07, 6.45) is 2.34. The van der Waals surface area contributed by atoms with Gasteiger partial charge in [-0.3, -0.25) is 4.79 Å². The van der Waals surface area contributed by atoms with Crippen molar-refractivity contribution in [1.29, 1.82) is 0 Å². The van der Waals surface area contributed by atoms with Crippen molar-refractivity contribution in [2.45, 2.75) is 31.7 Å². The van der Waals surface area contributed by atoms with Gasteiger partial charge in [-0.15, -0.1) is 0 Å². The first kappa shape index (κ1) is 13.7. The molecule has 5 N–H and O–H groups in total. The molecule has 0 aliphatic heterocycles. The van der Waals surface area contributed by atoms with Gasteiger partial charge in [0.05, 0.1) is 0 Å². The lowest BCUT2D eigenvalue weighted by Gasteiger charge is -2.24. The summed E-state index contributed by atoms with van der Waals surface area (Å²) in [5.41, 5.74) is 6.57. The lowest BCUT2D eigenvalue weighted by molar-refractivity contribution is -0.138. The standard InChI is InChI=1S/C12H21N3O2/c1-12(2,10-4-3-6-15-10)8-14-7-5-9(13)11(16)17/h3-4,6,9,14-15H,5,7-8,13H2,1-2H3,(H,16,17). The second-order valence-corrected chi connectivity index (χ2v) is 4.88. The smallest absolute Gasteiger partial charge is 0.320 e. The van der Waals surface area contributed by atoms with Crippen LogP contribution in [0.4, 0.5) is 0 Å². The van der Waals surface area contributed by atoms with Gasteiger partial charge in [0.1, 0.15) is 6.04 Å². The van der Waals surface area contributed by atoms with Crippen LogP contribution in [0.25, 0.3) is 0 Å². The number of carboxylic acid groups (broad SMARTS) is 1. The van der Waals surface area contributed by atoms with Gasteiger partial charge >= 0.3 is 5.97 Å². The molecule has 17 heavy (non-hydrogen) atoms. The third-order valence-electron chi connectivity index (χ3n) is 2.84. The van der Waals surface area contributed by atoms with E-state index in [9.17, 15) is 4.79 Å². The maximum atomic E-state index is 10.5. The Hall–Kier alpha value is -1.33. The minimum absolute atomic E-state index is 0.00316.